The summed E-state index contributed by atoms with van der Waals surface area (Å²) in [5.74, 6) is 0. The van der Waals surface area contributed by atoms with Gasteiger partial charge in [0.2, 0.25) is 0 Å². The maximum absolute atomic E-state index is 13.1. The van der Waals surface area contributed by atoms with Crippen molar-refractivity contribution in [2.24, 2.45) is 0 Å². The van der Waals surface area contributed by atoms with Gasteiger partial charge in [-0.05, 0) is 39.3 Å². The first kappa shape index (κ1) is 19.2. The number of ether oxygens (including phenoxy) is 1. The van der Waals surface area contributed by atoms with Gasteiger partial charge in [-0.15, -0.1) is 11.3 Å². The average molecular weight is 372 g/mol. The van der Waals surface area contributed by atoms with E-state index in [4.69, 9.17) is 4.74 Å². The molecule has 1 N–H and O–H groups in total. The van der Waals surface area contributed by atoms with Gasteiger partial charge in [0.1, 0.15) is 10.6 Å². The van der Waals surface area contributed by atoms with E-state index in [1.165, 1.54) is 12.1 Å². The van der Waals surface area contributed by atoms with Gasteiger partial charge in [-0.25, -0.2) is 9.78 Å². The van der Waals surface area contributed by atoms with Crippen LogP contribution in [0.2, 0.25) is 0 Å². The Bertz CT molecular complexity index is 764. The van der Waals surface area contributed by atoms with Gasteiger partial charge in [-0.3, -0.25) is 5.32 Å². The van der Waals surface area contributed by atoms with E-state index in [1.807, 2.05) is 0 Å². The van der Waals surface area contributed by atoms with Gasteiger partial charge >= 0.3 is 12.3 Å². The van der Waals surface area contributed by atoms with Crippen molar-refractivity contribution in [3.8, 4) is 0 Å². The van der Waals surface area contributed by atoms with Crippen LogP contribution in [0.5, 0.6) is 0 Å². The number of aromatic nitrogens is 1. The maximum atomic E-state index is 13.1. The predicted molar refractivity (Wildman–Crippen MR) is 91.0 cm³/mol. The van der Waals surface area contributed by atoms with E-state index in [9.17, 15) is 18.0 Å². The zero-order valence-electron chi connectivity index (χ0n) is 14.3. The number of aryl methyl sites for hydroxylation is 1. The highest BCUT2D eigenvalue weighted by Crippen LogP contribution is 2.34. The summed E-state index contributed by atoms with van der Waals surface area (Å²) >= 11 is 1.14. The lowest BCUT2D eigenvalue weighted by molar-refractivity contribution is -0.138. The number of nitrogens with zero attached hydrogens (tertiary/aromatic N) is 1. The summed E-state index contributed by atoms with van der Waals surface area (Å²) in [5, 5.41) is 3.54. The van der Waals surface area contributed by atoms with Crippen LogP contribution in [-0.2, 0) is 17.3 Å². The molecule has 25 heavy (non-hydrogen) atoms. The van der Waals surface area contributed by atoms with Crippen molar-refractivity contribution in [2.45, 2.75) is 45.9 Å². The van der Waals surface area contributed by atoms with Crippen LogP contribution in [-0.4, -0.2) is 16.7 Å². The van der Waals surface area contributed by atoms with Crippen molar-refractivity contribution in [1.29, 1.82) is 0 Å². The van der Waals surface area contributed by atoms with E-state index in [1.54, 1.807) is 33.8 Å². The zero-order valence-corrected chi connectivity index (χ0v) is 15.1. The van der Waals surface area contributed by atoms with Crippen LogP contribution in [0.3, 0.4) is 0 Å². The molecule has 0 fully saturated rings. The standard InChI is InChI=1S/C17H19F3N2O2S/c1-10-14(22-15(23)24-16(2,3)4)25-13(21-10)9-11-7-5-6-8-12(11)17(18,19)20/h5-8H,9H2,1-4H3,(H,22,23). The third-order valence-electron chi connectivity index (χ3n) is 3.12. The molecular formula is C17H19F3N2O2S. The molecule has 1 amide bonds. The summed E-state index contributed by atoms with van der Waals surface area (Å²) in [6.07, 6.45) is -5.00. The molecule has 0 bridgehead atoms. The highest BCUT2D eigenvalue weighted by molar-refractivity contribution is 7.16. The van der Waals surface area contributed by atoms with Crippen molar-refractivity contribution >= 4 is 22.4 Å². The molecule has 0 aliphatic rings. The van der Waals surface area contributed by atoms with Crippen molar-refractivity contribution in [3.63, 3.8) is 0 Å². The number of hydrogen-bond donors (Lipinski definition) is 1. The summed E-state index contributed by atoms with van der Waals surface area (Å²) in [6.45, 7) is 6.91. The molecular weight excluding hydrogens is 353 g/mol. The van der Waals surface area contributed by atoms with Crippen molar-refractivity contribution in [2.75, 3.05) is 5.32 Å². The molecule has 8 heteroatoms. The quantitative estimate of drug-likeness (QED) is 0.784. The summed E-state index contributed by atoms with van der Waals surface area (Å²) in [7, 11) is 0. The fourth-order valence-corrected chi connectivity index (χ4v) is 3.13. The van der Waals surface area contributed by atoms with Gasteiger partial charge in [0.15, 0.2) is 0 Å². The Morgan fingerprint density at radius 1 is 1.24 bits per heavy atom. The fraction of sp³-hybridized carbons (Fsp3) is 0.412. The van der Waals surface area contributed by atoms with E-state index >= 15 is 0 Å². The van der Waals surface area contributed by atoms with Crippen LogP contribution in [0.4, 0.5) is 23.0 Å². The molecule has 0 aliphatic carbocycles. The first-order chi connectivity index (χ1) is 11.5. The van der Waals surface area contributed by atoms with E-state index in [0.29, 0.717) is 15.7 Å². The number of amides is 1. The van der Waals surface area contributed by atoms with Gasteiger partial charge in [0.05, 0.1) is 16.3 Å². The van der Waals surface area contributed by atoms with Crippen molar-refractivity contribution in [3.05, 3.63) is 46.1 Å². The monoisotopic (exact) mass is 372 g/mol. The number of benzene rings is 1. The summed E-state index contributed by atoms with van der Waals surface area (Å²) < 4.78 is 44.4. The number of carbonyl (C=O) groups is 1. The Morgan fingerprint density at radius 3 is 2.48 bits per heavy atom. The molecule has 0 radical (unpaired) electrons. The van der Waals surface area contributed by atoms with Crippen LogP contribution in [0, 0.1) is 6.92 Å². The number of halogens is 3. The maximum Gasteiger partial charge on any atom is 0.416 e. The summed E-state index contributed by atoms with van der Waals surface area (Å²) in [6, 6.07) is 5.40. The van der Waals surface area contributed by atoms with Crippen LogP contribution in [0.25, 0.3) is 0 Å². The normalized spacial score (nSPS) is 12.1. The Morgan fingerprint density at radius 2 is 1.88 bits per heavy atom. The molecule has 0 atom stereocenters. The van der Waals surface area contributed by atoms with Crippen LogP contribution in [0.1, 0.15) is 42.6 Å². The zero-order chi connectivity index (χ0) is 18.8. The van der Waals surface area contributed by atoms with Crippen LogP contribution >= 0.6 is 11.3 Å². The molecule has 4 nitrogen and oxygen atoms in total. The predicted octanol–water partition coefficient (Wildman–Crippen LogP) is 5.41. The Labute approximate surface area is 148 Å². The largest absolute Gasteiger partial charge is 0.444 e. The van der Waals surface area contributed by atoms with E-state index < -0.39 is 23.4 Å². The lowest BCUT2D eigenvalue weighted by Gasteiger charge is -2.19. The Hall–Kier alpha value is -2.09. The molecule has 0 spiro atoms. The lowest BCUT2D eigenvalue weighted by Crippen LogP contribution is -2.27. The molecule has 0 saturated heterocycles. The third-order valence-corrected chi connectivity index (χ3v) is 4.19. The minimum Gasteiger partial charge on any atom is -0.444 e. The van der Waals surface area contributed by atoms with Gasteiger partial charge in [0, 0.05) is 6.42 Å². The lowest BCUT2D eigenvalue weighted by atomic mass is 10.0. The molecule has 0 aliphatic heterocycles. The second kappa shape index (κ2) is 7.03. The number of carbonyl (C=O) groups excluding carboxylic acids is 1. The van der Waals surface area contributed by atoms with E-state index in [-0.39, 0.29) is 12.0 Å². The summed E-state index contributed by atoms with van der Waals surface area (Å²) in [5.41, 5.74) is -0.635. The van der Waals surface area contributed by atoms with Crippen molar-refractivity contribution in [1.82, 2.24) is 4.98 Å². The molecule has 2 rings (SSSR count). The van der Waals surface area contributed by atoms with E-state index in [2.05, 4.69) is 10.3 Å². The molecule has 0 saturated carbocycles. The van der Waals surface area contributed by atoms with Crippen LogP contribution < -0.4 is 5.32 Å². The molecule has 2 aromatic rings. The van der Waals surface area contributed by atoms with Gasteiger partial charge in [-0.2, -0.15) is 13.2 Å². The first-order valence-electron chi connectivity index (χ1n) is 7.57. The van der Waals surface area contributed by atoms with Gasteiger partial charge < -0.3 is 4.74 Å². The molecule has 1 aromatic carbocycles. The first-order valence-corrected chi connectivity index (χ1v) is 8.39. The van der Waals surface area contributed by atoms with Crippen molar-refractivity contribution < 1.29 is 22.7 Å². The number of nitrogens with one attached hydrogen (secondary N) is 1. The minimum atomic E-state index is -4.42. The number of hydrogen-bond acceptors (Lipinski definition) is 4. The second-order valence-electron chi connectivity index (χ2n) is 6.48. The highest BCUT2D eigenvalue weighted by atomic mass is 32.1. The molecule has 1 aromatic heterocycles. The topological polar surface area (TPSA) is 51.2 Å². The van der Waals surface area contributed by atoms with Gasteiger partial charge in [-0.1, -0.05) is 18.2 Å². The van der Waals surface area contributed by atoms with Crippen LogP contribution in [0.15, 0.2) is 24.3 Å². The number of rotatable bonds is 3. The highest BCUT2D eigenvalue weighted by Gasteiger charge is 2.33. The molecule has 136 valence electrons. The number of anilines is 1. The van der Waals surface area contributed by atoms with E-state index in [0.717, 1.165) is 17.4 Å². The summed E-state index contributed by atoms with van der Waals surface area (Å²) in [4.78, 5) is 16.1. The smallest absolute Gasteiger partial charge is 0.416 e. The average Bonchev–Trinajstić information content (AvgIpc) is 2.75. The Balaban J connectivity index is 2.18. The minimum absolute atomic E-state index is 0.0389. The molecule has 0 unspecified atom stereocenters. The third kappa shape index (κ3) is 5.45. The SMILES string of the molecule is Cc1nc(Cc2ccccc2C(F)(F)F)sc1NC(=O)OC(C)(C)C. The fourth-order valence-electron chi connectivity index (χ4n) is 2.15. The Kier molecular flexibility index (Phi) is 5.41. The number of thiazole rings is 1. The van der Waals surface area contributed by atoms with Gasteiger partial charge in [0.25, 0.3) is 0 Å². The second-order valence-corrected chi connectivity index (χ2v) is 7.56. The number of alkyl halides is 3. The molecule has 1 heterocycles.